The maximum absolute atomic E-state index is 4.46. The summed E-state index contributed by atoms with van der Waals surface area (Å²) in [5.41, 5.74) is 2.06. The number of thiophene rings is 2. The molecular weight excluding hydrogens is 272 g/mol. The van der Waals surface area contributed by atoms with Gasteiger partial charge < -0.3 is 0 Å². The third-order valence-corrected chi connectivity index (χ3v) is 5.40. The first-order valence-electron chi connectivity index (χ1n) is 6.29. The van der Waals surface area contributed by atoms with Gasteiger partial charge in [0.25, 0.3) is 0 Å². The lowest BCUT2D eigenvalue weighted by molar-refractivity contribution is 0.748. The van der Waals surface area contributed by atoms with Crippen LogP contribution in [0.3, 0.4) is 0 Å². The second-order valence-electron chi connectivity index (χ2n) is 5.34. The average Bonchev–Trinajstić information content (AvgIpc) is 2.98. The molecule has 0 atom stereocenters. The van der Waals surface area contributed by atoms with Crippen LogP contribution in [-0.4, -0.2) is 11.4 Å². The highest BCUT2D eigenvalue weighted by atomic mass is 32.1. The van der Waals surface area contributed by atoms with E-state index in [0.717, 1.165) is 11.4 Å². The molecule has 0 saturated carbocycles. The zero-order chi connectivity index (χ0) is 13.6. The van der Waals surface area contributed by atoms with E-state index in [1.807, 2.05) is 0 Å². The quantitative estimate of drug-likeness (QED) is 0.768. The van der Waals surface area contributed by atoms with Gasteiger partial charge in [-0.05, 0) is 52.0 Å². The van der Waals surface area contributed by atoms with E-state index in [0.29, 0.717) is 0 Å². The topological polar surface area (TPSA) is 24.7 Å². The Kier molecular flexibility index (Phi) is 2.95. The van der Waals surface area contributed by atoms with Crippen molar-refractivity contribution >= 4 is 34.1 Å². The lowest BCUT2D eigenvalue weighted by atomic mass is 9.81. The Hall–Kier alpha value is -1.26. The summed E-state index contributed by atoms with van der Waals surface area (Å²) < 4.78 is 0. The summed E-state index contributed by atoms with van der Waals surface area (Å²) in [6, 6.07) is 8.59. The molecule has 0 spiro atoms. The number of hydrogen-bond donors (Lipinski definition) is 0. The lowest BCUT2D eigenvalue weighted by Crippen LogP contribution is -2.30. The average molecular weight is 288 g/mol. The predicted molar refractivity (Wildman–Crippen MR) is 85.0 cm³/mol. The first-order valence-corrected chi connectivity index (χ1v) is 7.92. The summed E-state index contributed by atoms with van der Waals surface area (Å²) in [4.78, 5) is 5.09. The van der Waals surface area contributed by atoms with E-state index in [4.69, 9.17) is 0 Å². The number of nitrogens with zero attached hydrogens (tertiary/aromatic N) is 2. The molecule has 3 rings (SSSR count). The minimum absolute atomic E-state index is 0.116. The van der Waals surface area contributed by atoms with Gasteiger partial charge in [0.2, 0.25) is 0 Å². The second-order valence-corrected chi connectivity index (χ2v) is 7.92. The Morgan fingerprint density at radius 2 is 1.21 bits per heavy atom. The molecule has 1 aliphatic heterocycles. The van der Waals surface area contributed by atoms with Crippen molar-refractivity contribution in [3.63, 3.8) is 0 Å². The highest BCUT2D eigenvalue weighted by Crippen LogP contribution is 2.36. The predicted octanol–water partition coefficient (Wildman–Crippen LogP) is 4.66. The van der Waals surface area contributed by atoms with Gasteiger partial charge in [-0.1, -0.05) is 0 Å². The molecular formula is C15H16N2S2. The summed E-state index contributed by atoms with van der Waals surface area (Å²) in [6.45, 7) is 8.67. The van der Waals surface area contributed by atoms with Crippen LogP contribution >= 0.6 is 22.7 Å². The standard InChI is InChI=1S/C15H16N2S2/c1-9-5-7-11(18-9)13-15(3,4)14(17-16-13)12-8-6-10(2)19-12/h5-8H,1-4H3. The summed E-state index contributed by atoms with van der Waals surface area (Å²) in [7, 11) is 0. The van der Waals surface area contributed by atoms with Crippen molar-refractivity contribution in [1.82, 2.24) is 0 Å². The van der Waals surface area contributed by atoms with Crippen molar-refractivity contribution in [2.24, 2.45) is 15.6 Å². The molecule has 0 N–H and O–H groups in total. The van der Waals surface area contributed by atoms with Crippen LogP contribution in [0.5, 0.6) is 0 Å². The summed E-state index contributed by atoms with van der Waals surface area (Å²) in [5, 5.41) is 8.92. The van der Waals surface area contributed by atoms with E-state index in [1.165, 1.54) is 19.5 Å². The second kappa shape index (κ2) is 4.39. The van der Waals surface area contributed by atoms with Crippen molar-refractivity contribution in [3.8, 4) is 0 Å². The van der Waals surface area contributed by atoms with Gasteiger partial charge in [0, 0.05) is 9.75 Å². The van der Waals surface area contributed by atoms with Crippen LogP contribution in [0, 0.1) is 19.3 Å². The molecule has 2 aromatic heterocycles. The number of rotatable bonds is 2. The Morgan fingerprint density at radius 3 is 1.53 bits per heavy atom. The van der Waals surface area contributed by atoms with Crippen molar-refractivity contribution in [2.45, 2.75) is 27.7 Å². The smallest absolute Gasteiger partial charge is 0.0919 e. The van der Waals surface area contributed by atoms with Gasteiger partial charge >= 0.3 is 0 Å². The van der Waals surface area contributed by atoms with Crippen molar-refractivity contribution in [2.75, 3.05) is 0 Å². The molecule has 0 aromatic carbocycles. The van der Waals surface area contributed by atoms with E-state index >= 15 is 0 Å². The number of aryl methyl sites for hydroxylation is 2. The van der Waals surface area contributed by atoms with Gasteiger partial charge in [-0.25, -0.2) is 0 Å². The molecule has 1 aliphatic rings. The third kappa shape index (κ3) is 2.09. The summed E-state index contributed by atoms with van der Waals surface area (Å²) >= 11 is 3.58. The van der Waals surface area contributed by atoms with Gasteiger partial charge in [0.1, 0.15) is 0 Å². The molecule has 3 heterocycles. The molecule has 0 fully saturated rings. The Bertz CT molecular complexity index is 628. The first kappa shape index (κ1) is 12.8. The minimum atomic E-state index is -0.116. The third-order valence-electron chi connectivity index (χ3n) is 3.38. The largest absolute Gasteiger partial charge is 0.153 e. The van der Waals surface area contributed by atoms with Crippen molar-refractivity contribution in [3.05, 3.63) is 43.8 Å². The Balaban J connectivity index is 1.98. The van der Waals surface area contributed by atoms with E-state index in [-0.39, 0.29) is 5.41 Å². The normalized spacial score (nSPS) is 17.5. The molecule has 98 valence electrons. The van der Waals surface area contributed by atoms with E-state index in [2.05, 4.69) is 62.2 Å². The molecule has 0 saturated heterocycles. The fourth-order valence-corrected chi connectivity index (χ4v) is 4.32. The van der Waals surface area contributed by atoms with Gasteiger partial charge in [-0.15, -0.1) is 22.7 Å². The molecule has 0 unspecified atom stereocenters. The van der Waals surface area contributed by atoms with Gasteiger partial charge in [-0.2, -0.15) is 10.2 Å². The fraction of sp³-hybridized carbons (Fsp3) is 0.333. The molecule has 0 amide bonds. The summed E-state index contributed by atoms with van der Waals surface area (Å²) in [5.74, 6) is 0. The van der Waals surface area contributed by atoms with Crippen LogP contribution in [0.2, 0.25) is 0 Å². The highest BCUT2D eigenvalue weighted by Gasteiger charge is 2.38. The molecule has 2 nitrogen and oxygen atoms in total. The molecule has 2 aromatic rings. The Morgan fingerprint density at radius 1 is 0.789 bits per heavy atom. The van der Waals surface area contributed by atoms with Crippen LogP contribution in [0.15, 0.2) is 34.5 Å². The number of hydrogen-bond acceptors (Lipinski definition) is 4. The van der Waals surface area contributed by atoms with Crippen LogP contribution in [0.1, 0.15) is 33.4 Å². The molecule has 0 aliphatic carbocycles. The van der Waals surface area contributed by atoms with E-state index in [9.17, 15) is 0 Å². The van der Waals surface area contributed by atoms with Crippen molar-refractivity contribution < 1.29 is 0 Å². The van der Waals surface area contributed by atoms with E-state index in [1.54, 1.807) is 22.7 Å². The first-order chi connectivity index (χ1) is 8.98. The maximum atomic E-state index is 4.46. The SMILES string of the molecule is Cc1ccc(C2=NN=C(c3ccc(C)s3)C2(C)C)s1. The zero-order valence-corrected chi connectivity index (χ0v) is 13.2. The van der Waals surface area contributed by atoms with Crippen LogP contribution < -0.4 is 0 Å². The molecule has 19 heavy (non-hydrogen) atoms. The molecule has 4 heteroatoms. The minimum Gasteiger partial charge on any atom is -0.153 e. The Labute approximate surface area is 121 Å². The monoisotopic (exact) mass is 288 g/mol. The van der Waals surface area contributed by atoms with Crippen LogP contribution in [0.25, 0.3) is 0 Å². The molecule has 0 radical (unpaired) electrons. The van der Waals surface area contributed by atoms with Gasteiger partial charge in [0.15, 0.2) is 0 Å². The van der Waals surface area contributed by atoms with Gasteiger partial charge in [-0.3, -0.25) is 0 Å². The molecule has 0 bridgehead atoms. The van der Waals surface area contributed by atoms with Crippen LogP contribution in [-0.2, 0) is 0 Å². The maximum Gasteiger partial charge on any atom is 0.0919 e. The van der Waals surface area contributed by atoms with Gasteiger partial charge in [0.05, 0.1) is 26.6 Å². The summed E-state index contributed by atoms with van der Waals surface area (Å²) in [6.07, 6.45) is 0. The van der Waals surface area contributed by atoms with Crippen molar-refractivity contribution in [1.29, 1.82) is 0 Å². The highest BCUT2D eigenvalue weighted by molar-refractivity contribution is 7.15. The van der Waals surface area contributed by atoms with Crippen LogP contribution in [0.4, 0.5) is 0 Å². The lowest BCUT2D eigenvalue weighted by Gasteiger charge is -2.21. The zero-order valence-electron chi connectivity index (χ0n) is 11.5. The fourth-order valence-electron chi connectivity index (χ4n) is 2.30. The van der Waals surface area contributed by atoms with E-state index < -0.39 is 0 Å².